The molecule has 0 aliphatic carbocycles. The highest BCUT2D eigenvalue weighted by Crippen LogP contribution is 2.53. The Morgan fingerprint density at radius 2 is 0.348 bits per heavy atom. The van der Waals surface area contributed by atoms with E-state index in [2.05, 4.69) is 279 Å². The van der Waals surface area contributed by atoms with Crippen molar-refractivity contribution in [1.29, 1.82) is 0 Å². The molecule has 0 heteroatoms. The van der Waals surface area contributed by atoms with Crippen LogP contribution in [0.2, 0.25) is 0 Å². The molecule has 0 aliphatic heterocycles. The summed E-state index contributed by atoms with van der Waals surface area (Å²) in [6.45, 7) is 0. The number of fused-ring (bicyclic) bond motifs is 2. The fourth-order valence-corrected chi connectivity index (χ4v) is 10.7. The van der Waals surface area contributed by atoms with Gasteiger partial charge < -0.3 is 0 Å². The van der Waals surface area contributed by atoms with Crippen molar-refractivity contribution in [3.8, 4) is 89.0 Å². The molecule has 0 saturated carbocycles. The first-order valence-electron chi connectivity index (χ1n) is 24.0. The topological polar surface area (TPSA) is 0 Å². The maximum absolute atomic E-state index is 2.48. The van der Waals surface area contributed by atoms with Crippen LogP contribution in [0.5, 0.6) is 0 Å². The van der Waals surface area contributed by atoms with Gasteiger partial charge in [-0.3, -0.25) is 0 Å². The van der Waals surface area contributed by atoms with Crippen LogP contribution in [0.3, 0.4) is 0 Å². The monoisotopic (exact) mass is 876 g/mol. The molecular formula is C69H48. The molecular weight excluding hydrogens is 829 g/mol. The Balaban J connectivity index is 1.14. The molecule has 0 unspecified atom stereocenters. The van der Waals surface area contributed by atoms with Crippen molar-refractivity contribution in [3.63, 3.8) is 0 Å². The van der Waals surface area contributed by atoms with E-state index in [9.17, 15) is 0 Å². The van der Waals surface area contributed by atoms with Crippen molar-refractivity contribution in [2.45, 2.75) is 6.42 Å². The van der Waals surface area contributed by atoms with Crippen LogP contribution in [0.4, 0.5) is 0 Å². The minimum atomic E-state index is 0.762. The molecule has 0 saturated heterocycles. The zero-order valence-electron chi connectivity index (χ0n) is 38.3. The van der Waals surface area contributed by atoms with Crippen LogP contribution in [-0.2, 0) is 6.42 Å². The molecule has 0 spiro atoms. The van der Waals surface area contributed by atoms with E-state index in [1.807, 2.05) is 0 Å². The fraction of sp³-hybridized carbons (Fsp3) is 0.0145. The molecule has 0 N–H and O–H groups in total. The second-order valence-corrected chi connectivity index (χ2v) is 17.9. The summed E-state index contributed by atoms with van der Waals surface area (Å²) in [6.07, 6.45) is 0.762. The van der Waals surface area contributed by atoms with Crippen LogP contribution in [0.25, 0.3) is 111 Å². The van der Waals surface area contributed by atoms with Gasteiger partial charge in [0.2, 0.25) is 0 Å². The van der Waals surface area contributed by atoms with Crippen molar-refractivity contribution < 1.29 is 0 Å². The normalized spacial score (nSPS) is 11.2. The van der Waals surface area contributed by atoms with E-state index in [1.54, 1.807) is 0 Å². The summed E-state index contributed by atoms with van der Waals surface area (Å²) in [5.41, 5.74) is 22.1. The average molecular weight is 877 g/mol. The van der Waals surface area contributed by atoms with Crippen molar-refractivity contribution >= 4 is 21.5 Å². The Hall–Kier alpha value is -8.84. The number of hydrogen-bond donors (Lipinski definition) is 0. The molecule has 12 aromatic carbocycles. The van der Waals surface area contributed by atoms with Gasteiger partial charge in [0, 0.05) is 0 Å². The molecule has 0 fully saturated rings. The van der Waals surface area contributed by atoms with Gasteiger partial charge in [-0.05, 0) is 128 Å². The van der Waals surface area contributed by atoms with E-state index in [4.69, 9.17) is 0 Å². The summed E-state index contributed by atoms with van der Waals surface area (Å²) in [4.78, 5) is 0. The molecule has 69 heavy (non-hydrogen) atoms. The maximum Gasteiger partial charge on any atom is -0.00141 e. The summed E-state index contributed by atoms with van der Waals surface area (Å²) in [6, 6.07) is 102. The second-order valence-electron chi connectivity index (χ2n) is 17.9. The molecule has 0 heterocycles. The molecule has 0 aliphatic rings. The van der Waals surface area contributed by atoms with E-state index in [0.29, 0.717) is 0 Å². The van der Waals surface area contributed by atoms with E-state index in [0.717, 1.165) is 6.42 Å². The lowest BCUT2D eigenvalue weighted by molar-refractivity contribution is 1.21. The first-order valence-corrected chi connectivity index (χ1v) is 24.0. The third-order valence-corrected chi connectivity index (χ3v) is 13.7. The molecule has 0 amide bonds. The van der Waals surface area contributed by atoms with Crippen LogP contribution in [0, 0.1) is 0 Å². The average Bonchev–Trinajstić information content (AvgIpc) is 3.43. The zero-order valence-corrected chi connectivity index (χ0v) is 38.3. The largest absolute Gasteiger partial charge is 0.0622 e. The van der Waals surface area contributed by atoms with Gasteiger partial charge in [0.05, 0.1) is 0 Å². The summed E-state index contributed by atoms with van der Waals surface area (Å²) < 4.78 is 0. The van der Waals surface area contributed by atoms with E-state index >= 15 is 0 Å². The Morgan fingerprint density at radius 3 is 0.565 bits per heavy atom. The van der Waals surface area contributed by atoms with Gasteiger partial charge in [-0.15, -0.1) is 0 Å². The highest BCUT2D eigenvalue weighted by atomic mass is 14.3. The lowest BCUT2D eigenvalue weighted by Crippen LogP contribution is -1.99. The smallest absolute Gasteiger partial charge is 0.00141 e. The van der Waals surface area contributed by atoms with E-state index in [-0.39, 0.29) is 0 Å². The van der Waals surface area contributed by atoms with Crippen LogP contribution in [0.1, 0.15) is 11.1 Å². The lowest BCUT2D eigenvalue weighted by atomic mass is 9.78. The van der Waals surface area contributed by atoms with Crippen LogP contribution < -0.4 is 0 Å². The Morgan fingerprint density at radius 1 is 0.159 bits per heavy atom. The first kappa shape index (κ1) is 41.6. The zero-order chi connectivity index (χ0) is 45.9. The standard InChI is InChI=1S/C69H48/c1-9-25-50(26-10-1)62-58-43-41-48(46-60(58)64(52-29-13-3-14-30-52)68(56-37-21-7-22-38-56)66(62)54-33-17-5-18-34-54)45-49-42-44-59-61(47-49)65(53-31-15-4-16-32-53)69(57-39-23-8-24-40-57)67(55-35-19-6-20-36-55)63(59)51-27-11-2-12-28-51/h1-44,46-47H,45H2. The van der Waals surface area contributed by atoms with Gasteiger partial charge in [-0.2, -0.15) is 0 Å². The predicted octanol–water partition coefficient (Wildman–Crippen LogP) is 18.9. The summed E-state index contributed by atoms with van der Waals surface area (Å²) in [5, 5.41) is 4.96. The van der Waals surface area contributed by atoms with Crippen molar-refractivity contribution in [1.82, 2.24) is 0 Å². The Kier molecular flexibility index (Phi) is 11.1. The molecule has 0 bridgehead atoms. The predicted molar refractivity (Wildman–Crippen MR) is 294 cm³/mol. The third kappa shape index (κ3) is 7.83. The minimum Gasteiger partial charge on any atom is -0.0622 e. The summed E-state index contributed by atoms with van der Waals surface area (Å²) in [5.74, 6) is 0. The van der Waals surface area contributed by atoms with Crippen molar-refractivity contribution in [2.24, 2.45) is 0 Å². The van der Waals surface area contributed by atoms with Crippen LogP contribution in [0.15, 0.2) is 279 Å². The molecule has 0 nitrogen and oxygen atoms in total. The molecule has 324 valence electrons. The van der Waals surface area contributed by atoms with Crippen molar-refractivity contribution in [3.05, 3.63) is 290 Å². The van der Waals surface area contributed by atoms with Gasteiger partial charge in [0.1, 0.15) is 0 Å². The Labute approximate surface area is 405 Å². The number of rotatable bonds is 10. The number of benzene rings is 12. The van der Waals surface area contributed by atoms with Crippen molar-refractivity contribution in [2.75, 3.05) is 0 Å². The van der Waals surface area contributed by atoms with Gasteiger partial charge in [0.15, 0.2) is 0 Å². The molecule has 12 rings (SSSR count). The molecule has 0 radical (unpaired) electrons. The lowest BCUT2D eigenvalue weighted by Gasteiger charge is -2.25. The maximum atomic E-state index is 2.48. The molecule has 0 aromatic heterocycles. The molecule has 12 aromatic rings. The summed E-state index contributed by atoms with van der Waals surface area (Å²) >= 11 is 0. The SMILES string of the molecule is c1ccc(-c2c(-c3ccccc3)c(-c3ccccc3)c3cc(Cc4ccc5c(-c6ccccc6)c(-c6ccccc6)c(-c6ccccc6)c(-c6ccccc6)c5c4)ccc3c2-c2ccccc2)cc1. The van der Waals surface area contributed by atoms with Gasteiger partial charge in [0.25, 0.3) is 0 Å². The highest BCUT2D eigenvalue weighted by molar-refractivity contribution is 6.20. The minimum absolute atomic E-state index is 0.762. The van der Waals surface area contributed by atoms with Gasteiger partial charge in [-0.1, -0.05) is 279 Å². The molecule has 0 atom stereocenters. The van der Waals surface area contributed by atoms with Crippen LogP contribution in [-0.4, -0.2) is 0 Å². The van der Waals surface area contributed by atoms with E-state index < -0.39 is 0 Å². The second kappa shape index (κ2) is 18.4. The first-order chi connectivity index (χ1) is 34.3. The van der Waals surface area contributed by atoms with Gasteiger partial charge >= 0.3 is 0 Å². The van der Waals surface area contributed by atoms with E-state index in [1.165, 1.54) is 122 Å². The summed E-state index contributed by atoms with van der Waals surface area (Å²) in [7, 11) is 0. The third-order valence-electron chi connectivity index (χ3n) is 13.7. The quantitative estimate of drug-likeness (QED) is 0.128. The fourth-order valence-electron chi connectivity index (χ4n) is 10.7. The number of hydrogen-bond acceptors (Lipinski definition) is 0. The Bertz CT molecular complexity index is 3470. The van der Waals surface area contributed by atoms with Gasteiger partial charge in [-0.25, -0.2) is 0 Å². The van der Waals surface area contributed by atoms with Crippen LogP contribution >= 0.6 is 0 Å². The highest BCUT2D eigenvalue weighted by Gasteiger charge is 2.26.